The first-order valence-electron chi connectivity index (χ1n) is 4.67. The molecule has 0 fully saturated rings. The lowest BCUT2D eigenvalue weighted by molar-refractivity contribution is -0.445. The van der Waals surface area contributed by atoms with Gasteiger partial charge in [0.2, 0.25) is 0 Å². The molecule has 0 rings (SSSR count). The van der Waals surface area contributed by atoms with Crippen LogP contribution in [0.15, 0.2) is 0 Å². The van der Waals surface area contributed by atoms with E-state index in [9.17, 15) is 0 Å². The van der Waals surface area contributed by atoms with Gasteiger partial charge in [-0.1, -0.05) is 20.8 Å². The minimum atomic E-state index is -0.500. The molecule has 0 amide bonds. The van der Waals surface area contributed by atoms with E-state index in [2.05, 4.69) is 0 Å². The van der Waals surface area contributed by atoms with Crippen LogP contribution in [-0.4, -0.2) is 12.0 Å². The molecule has 0 bridgehead atoms. The summed E-state index contributed by atoms with van der Waals surface area (Å²) in [5.41, 5.74) is 0. The Morgan fingerprint density at radius 1 is 0.938 bits per heavy atom. The van der Waals surface area contributed by atoms with Crippen molar-refractivity contribution in [3.8, 4) is 18.2 Å². The maximum atomic E-state index is 8.81. The zero-order valence-corrected chi connectivity index (χ0v) is 10.2. The summed E-state index contributed by atoms with van der Waals surface area (Å²) in [6.07, 6.45) is 1.88. The highest BCUT2D eigenvalue weighted by Gasteiger charge is 1.57. The highest BCUT2D eigenvalue weighted by atomic mass is 16.6. The third-order valence-corrected chi connectivity index (χ3v) is 0.474. The number of nitro groups is 1. The van der Waals surface area contributed by atoms with Crippen molar-refractivity contribution in [1.29, 1.82) is 15.8 Å². The fourth-order valence-electron chi connectivity index (χ4n) is 0. The van der Waals surface area contributed by atoms with E-state index in [0.717, 1.165) is 7.05 Å². The molecule has 0 saturated heterocycles. The molecule has 0 heterocycles. The molecule has 0 aromatic heterocycles. The van der Waals surface area contributed by atoms with Crippen molar-refractivity contribution in [1.82, 2.24) is 0 Å². The molecule has 0 aliphatic heterocycles. The van der Waals surface area contributed by atoms with Crippen LogP contribution >= 0.6 is 0 Å². The van der Waals surface area contributed by atoms with Gasteiger partial charge in [-0.25, -0.2) is 0 Å². The first kappa shape index (κ1) is 23.6. The Kier molecular flexibility index (Phi) is 56.6. The average Bonchev–Trinajstić information content (AvgIpc) is 2.28. The van der Waals surface area contributed by atoms with Gasteiger partial charge in [0.1, 0.15) is 0 Å². The third kappa shape index (κ3) is 1850. The maximum Gasteiger partial charge on any atom is 0.194 e. The smallest absolute Gasteiger partial charge is 0.194 e. The maximum absolute atomic E-state index is 8.81. The van der Waals surface area contributed by atoms with Gasteiger partial charge in [0.05, 0.1) is 18.2 Å². The van der Waals surface area contributed by atoms with Crippen molar-refractivity contribution in [2.75, 3.05) is 7.05 Å². The van der Waals surface area contributed by atoms with Gasteiger partial charge in [0.25, 0.3) is 0 Å². The summed E-state index contributed by atoms with van der Waals surface area (Å²) in [4.78, 5) is 8.31. The lowest BCUT2D eigenvalue weighted by Crippen LogP contribution is -1.79. The molecule has 0 N–H and O–H groups in total. The molecule has 0 spiro atoms. The molecule has 0 atom stereocenters. The van der Waals surface area contributed by atoms with Crippen LogP contribution in [0.5, 0.6) is 0 Å². The largest absolute Gasteiger partial charge is 0.265 e. The molecule has 0 aromatic carbocycles. The molecule has 0 saturated carbocycles. The standard InChI is InChI=1S/3C3H5N.CH3NO2/c3*1-2-3-4;1-2(3)4/h3*2H2,1H3;1H3. The van der Waals surface area contributed by atoms with Crippen LogP contribution in [0.1, 0.15) is 40.0 Å². The quantitative estimate of drug-likeness (QED) is 0.465. The van der Waals surface area contributed by atoms with Gasteiger partial charge in [-0.05, 0) is 0 Å². The van der Waals surface area contributed by atoms with Crippen molar-refractivity contribution in [2.24, 2.45) is 0 Å². The van der Waals surface area contributed by atoms with E-state index >= 15 is 0 Å². The van der Waals surface area contributed by atoms with Crippen LogP contribution in [0.4, 0.5) is 0 Å². The zero-order chi connectivity index (χ0) is 13.8. The van der Waals surface area contributed by atoms with Gasteiger partial charge in [-0.3, -0.25) is 10.1 Å². The van der Waals surface area contributed by atoms with Crippen molar-refractivity contribution < 1.29 is 4.92 Å². The van der Waals surface area contributed by atoms with Crippen LogP contribution < -0.4 is 0 Å². The van der Waals surface area contributed by atoms with E-state index in [1.165, 1.54) is 0 Å². The highest BCUT2D eigenvalue weighted by molar-refractivity contribution is 4.62. The van der Waals surface area contributed by atoms with Crippen molar-refractivity contribution in [3.63, 3.8) is 0 Å². The third-order valence-electron chi connectivity index (χ3n) is 0.474. The van der Waals surface area contributed by atoms with Crippen LogP contribution in [0.2, 0.25) is 0 Å². The Labute approximate surface area is 96.9 Å². The SMILES string of the molecule is CCC#N.CCC#N.CCC#N.C[N+](=O)[O-]. The van der Waals surface area contributed by atoms with Gasteiger partial charge in [-0.2, -0.15) is 15.8 Å². The highest BCUT2D eigenvalue weighted by Crippen LogP contribution is 1.58. The van der Waals surface area contributed by atoms with Crippen LogP contribution in [0.25, 0.3) is 0 Å². The van der Waals surface area contributed by atoms with E-state index in [1.807, 2.05) is 39.0 Å². The summed E-state index contributed by atoms with van der Waals surface area (Å²) in [5, 5.41) is 31.7. The Morgan fingerprint density at radius 3 is 1.00 bits per heavy atom. The van der Waals surface area contributed by atoms with Crippen LogP contribution in [-0.2, 0) is 0 Å². The van der Waals surface area contributed by atoms with E-state index in [-0.39, 0.29) is 0 Å². The molecule has 16 heavy (non-hydrogen) atoms. The van der Waals surface area contributed by atoms with Crippen molar-refractivity contribution in [2.45, 2.75) is 40.0 Å². The lowest BCUT2D eigenvalue weighted by atomic mass is 10.6. The predicted molar refractivity (Wildman–Crippen MR) is 60.6 cm³/mol. The fraction of sp³-hybridized carbons (Fsp3) is 0.700. The van der Waals surface area contributed by atoms with Gasteiger partial charge in [-0.15, -0.1) is 0 Å². The van der Waals surface area contributed by atoms with Gasteiger partial charge >= 0.3 is 0 Å². The average molecular weight is 226 g/mol. The number of hydrogen-bond acceptors (Lipinski definition) is 5. The number of hydrogen-bond donors (Lipinski definition) is 0. The van der Waals surface area contributed by atoms with Gasteiger partial charge in [0, 0.05) is 24.2 Å². The summed E-state index contributed by atoms with van der Waals surface area (Å²) in [7, 11) is 0.889. The Hall–Kier alpha value is -2.13. The summed E-state index contributed by atoms with van der Waals surface area (Å²) >= 11 is 0. The molecule has 6 nitrogen and oxygen atoms in total. The monoisotopic (exact) mass is 226 g/mol. The molecule has 90 valence electrons. The Balaban J connectivity index is -0.0000000600. The van der Waals surface area contributed by atoms with Gasteiger partial charge in [0.15, 0.2) is 7.05 Å². The van der Waals surface area contributed by atoms with Gasteiger partial charge < -0.3 is 0 Å². The van der Waals surface area contributed by atoms with E-state index in [0.29, 0.717) is 19.3 Å². The minimum absolute atomic E-state index is 0.500. The van der Waals surface area contributed by atoms with Crippen LogP contribution in [0, 0.1) is 44.1 Å². The molecule has 0 aliphatic carbocycles. The zero-order valence-electron chi connectivity index (χ0n) is 10.2. The molecule has 0 aliphatic rings. The molecular formula is C10H18N4O2. The van der Waals surface area contributed by atoms with E-state index in [4.69, 9.17) is 25.9 Å². The normalized spacial score (nSPS) is 5.31. The molecule has 0 unspecified atom stereocenters. The Morgan fingerprint density at radius 2 is 1.00 bits per heavy atom. The number of nitriles is 3. The van der Waals surface area contributed by atoms with E-state index in [1.54, 1.807) is 0 Å². The lowest BCUT2D eigenvalue weighted by Gasteiger charge is -1.63. The summed E-state index contributed by atoms with van der Waals surface area (Å²) in [5.74, 6) is 0. The van der Waals surface area contributed by atoms with E-state index < -0.39 is 4.92 Å². The molecule has 6 heteroatoms. The molecular weight excluding hydrogens is 208 g/mol. The minimum Gasteiger partial charge on any atom is -0.265 e. The molecule has 0 radical (unpaired) electrons. The second kappa shape index (κ2) is 38.4. The Bertz CT molecular complexity index is 208. The number of nitrogens with zero attached hydrogens (tertiary/aromatic N) is 4. The summed E-state index contributed by atoms with van der Waals surface area (Å²) < 4.78 is 0. The summed E-state index contributed by atoms with van der Waals surface area (Å²) in [6.45, 7) is 5.46. The fourth-order valence-corrected chi connectivity index (χ4v) is 0. The predicted octanol–water partition coefficient (Wildman–Crippen LogP) is 2.65. The summed E-state index contributed by atoms with van der Waals surface area (Å²) in [6, 6.07) is 5.79. The second-order valence-electron chi connectivity index (χ2n) is 1.97. The topological polar surface area (TPSA) is 115 Å². The van der Waals surface area contributed by atoms with Crippen molar-refractivity contribution >= 4 is 0 Å². The number of rotatable bonds is 0. The van der Waals surface area contributed by atoms with Crippen molar-refractivity contribution in [3.05, 3.63) is 10.1 Å². The molecule has 0 aromatic rings. The second-order valence-corrected chi connectivity index (χ2v) is 1.97. The van der Waals surface area contributed by atoms with Crippen LogP contribution in [0.3, 0.4) is 0 Å². The first-order valence-corrected chi connectivity index (χ1v) is 4.67. The first-order chi connectivity index (χ1) is 7.47.